The van der Waals surface area contributed by atoms with E-state index >= 15 is 0 Å². The Bertz CT molecular complexity index is 583. The van der Waals surface area contributed by atoms with Crippen LogP contribution in [0.25, 0.3) is 0 Å². The van der Waals surface area contributed by atoms with Crippen molar-refractivity contribution in [1.82, 2.24) is 4.98 Å². The molecule has 2 heterocycles. The van der Waals surface area contributed by atoms with E-state index in [2.05, 4.69) is 36.8 Å². The van der Waals surface area contributed by atoms with Gasteiger partial charge in [-0.15, -0.1) is 11.3 Å². The number of carbonyl (C=O) groups excluding carboxylic acids is 1. The zero-order valence-corrected chi connectivity index (χ0v) is 12.1. The Kier molecular flexibility index (Phi) is 3.50. The van der Waals surface area contributed by atoms with Gasteiger partial charge in [-0.05, 0) is 44.0 Å². The number of halogens is 2. The highest BCUT2D eigenvalue weighted by Crippen LogP contribution is 2.33. The van der Waals surface area contributed by atoms with E-state index in [9.17, 15) is 9.59 Å². The lowest BCUT2D eigenvalue weighted by Crippen LogP contribution is -1.97. The van der Waals surface area contributed by atoms with Crippen LogP contribution in [0.5, 0.6) is 0 Å². The number of nitrogens with one attached hydrogen (secondary N) is 1. The lowest BCUT2D eigenvalue weighted by Gasteiger charge is -1.91. The lowest BCUT2D eigenvalue weighted by atomic mass is 10.2. The summed E-state index contributed by atoms with van der Waals surface area (Å²) in [6, 6.07) is 3.02. The number of hydrogen-bond donors (Lipinski definition) is 2. The SMILES string of the molecule is O=C(O)c1cc(C(=O)c2cc(Br)c(Br)s2)c[nH]1. The summed E-state index contributed by atoms with van der Waals surface area (Å²) in [7, 11) is 0. The molecule has 7 heteroatoms. The molecular formula is C10H5Br2NO3S. The summed E-state index contributed by atoms with van der Waals surface area (Å²) < 4.78 is 1.63. The van der Waals surface area contributed by atoms with Gasteiger partial charge in [-0.25, -0.2) is 4.79 Å². The van der Waals surface area contributed by atoms with Gasteiger partial charge >= 0.3 is 5.97 Å². The third-order valence-corrected chi connectivity index (χ3v) is 5.30. The molecule has 0 spiro atoms. The first-order valence-corrected chi connectivity index (χ1v) is 6.80. The maximum Gasteiger partial charge on any atom is 0.352 e. The Balaban J connectivity index is 2.33. The zero-order valence-electron chi connectivity index (χ0n) is 8.16. The molecule has 0 unspecified atom stereocenters. The van der Waals surface area contributed by atoms with Crippen LogP contribution < -0.4 is 0 Å². The Morgan fingerprint density at radius 1 is 1.29 bits per heavy atom. The smallest absolute Gasteiger partial charge is 0.352 e. The number of aromatic carboxylic acids is 1. The standard InChI is InChI=1S/C10H5Br2NO3S/c11-5-2-7(17-9(5)12)8(14)4-1-6(10(15)16)13-3-4/h1-3,13H,(H,15,16). The van der Waals surface area contributed by atoms with Crippen LogP contribution in [-0.4, -0.2) is 21.8 Å². The van der Waals surface area contributed by atoms with E-state index in [-0.39, 0.29) is 11.5 Å². The van der Waals surface area contributed by atoms with Gasteiger partial charge in [-0.3, -0.25) is 4.79 Å². The first-order valence-electron chi connectivity index (χ1n) is 4.40. The van der Waals surface area contributed by atoms with Crippen molar-refractivity contribution < 1.29 is 14.7 Å². The summed E-state index contributed by atoms with van der Waals surface area (Å²) >= 11 is 7.89. The van der Waals surface area contributed by atoms with Crippen LogP contribution >= 0.6 is 43.2 Å². The van der Waals surface area contributed by atoms with Crippen LogP contribution in [0.1, 0.15) is 25.7 Å². The maximum atomic E-state index is 12.0. The molecule has 2 N–H and O–H groups in total. The van der Waals surface area contributed by atoms with Gasteiger partial charge in [0.2, 0.25) is 5.78 Å². The number of rotatable bonds is 3. The van der Waals surface area contributed by atoms with Crippen molar-refractivity contribution in [3.63, 3.8) is 0 Å². The van der Waals surface area contributed by atoms with Crippen molar-refractivity contribution >= 4 is 54.9 Å². The van der Waals surface area contributed by atoms with Crippen LogP contribution in [0.3, 0.4) is 0 Å². The fraction of sp³-hybridized carbons (Fsp3) is 0. The van der Waals surface area contributed by atoms with Crippen LogP contribution in [-0.2, 0) is 0 Å². The average Bonchev–Trinajstić information content (AvgIpc) is 2.86. The molecule has 88 valence electrons. The van der Waals surface area contributed by atoms with Gasteiger partial charge in [0.1, 0.15) is 5.69 Å². The predicted molar refractivity (Wildman–Crippen MR) is 70.9 cm³/mol. The Hall–Kier alpha value is -0.920. The van der Waals surface area contributed by atoms with E-state index < -0.39 is 5.97 Å². The molecule has 0 aliphatic carbocycles. The molecular weight excluding hydrogens is 374 g/mol. The quantitative estimate of drug-likeness (QED) is 0.802. The van der Waals surface area contributed by atoms with Crippen molar-refractivity contribution in [3.05, 3.63) is 42.7 Å². The highest BCUT2D eigenvalue weighted by atomic mass is 79.9. The Morgan fingerprint density at radius 2 is 2.00 bits per heavy atom. The van der Waals surface area contributed by atoms with Gasteiger partial charge in [0.15, 0.2) is 0 Å². The fourth-order valence-electron chi connectivity index (χ4n) is 1.25. The molecule has 0 atom stereocenters. The Morgan fingerprint density at radius 3 is 2.47 bits per heavy atom. The van der Waals surface area contributed by atoms with E-state index in [4.69, 9.17) is 5.11 Å². The zero-order chi connectivity index (χ0) is 12.6. The third-order valence-electron chi connectivity index (χ3n) is 2.04. The average molecular weight is 379 g/mol. The second kappa shape index (κ2) is 4.75. The summed E-state index contributed by atoms with van der Waals surface area (Å²) in [5.74, 6) is -1.29. The number of H-pyrrole nitrogens is 1. The first-order chi connectivity index (χ1) is 7.99. The van der Waals surface area contributed by atoms with Crippen LogP contribution in [0.15, 0.2) is 26.6 Å². The summed E-state index contributed by atoms with van der Waals surface area (Å²) in [6.45, 7) is 0. The summed E-state index contributed by atoms with van der Waals surface area (Å²) in [4.78, 5) is 25.8. The molecule has 0 radical (unpaired) electrons. The molecule has 2 aromatic rings. The summed E-state index contributed by atoms with van der Waals surface area (Å²) in [6.07, 6.45) is 1.40. The number of carboxylic acid groups (broad SMARTS) is 1. The van der Waals surface area contributed by atoms with Crippen LogP contribution in [0.4, 0.5) is 0 Å². The molecule has 0 aromatic carbocycles. The van der Waals surface area contributed by atoms with E-state index in [1.165, 1.54) is 23.6 Å². The highest BCUT2D eigenvalue weighted by Gasteiger charge is 2.17. The summed E-state index contributed by atoms with van der Waals surface area (Å²) in [5, 5.41) is 8.74. The predicted octanol–water partition coefficient (Wildman–Crippen LogP) is 3.53. The van der Waals surface area contributed by atoms with Crippen molar-refractivity contribution in [3.8, 4) is 0 Å². The maximum absolute atomic E-state index is 12.0. The monoisotopic (exact) mass is 377 g/mol. The second-order valence-corrected chi connectivity index (χ2v) is 6.39. The molecule has 0 aliphatic heterocycles. The minimum Gasteiger partial charge on any atom is -0.477 e. The normalized spacial score (nSPS) is 10.5. The number of aromatic amines is 1. The topological polar surface area (TPSA) is 70.2 Å². The number of ketones is 1. The van der Waals surface area contributed by atoms with Gasteiger partial charge in [0.05, 0.1) is 8.66 Å². The van der Waals surface area contributed by atoms with Crippen LogP contribution in [0, 0.1) is 0 Å². The van der Waals surface area contributed by atoms with Gasteiger partial charge in [0.25, 0.3) is 0 Å². The van der Waals surface area contributed by atoms with E-state index in [0.29, 0.717) is 10.4 Å². The number of hydrogen-bond acceptors (Lipinski definition) is 3. The second-order valence-electron chi connectivity index (χ2n) is 3.17. The molecule has 0 fully saturated rings. The molecule has 17 heavy (non-hydrogen) atoms. The van der Waals surface area contributed by atoms with E-state index in [1.807, 2.05) is 0 Å². The number of aromatic nitrogens is 1. The fourth-order valence-corrected chi connectivity index (χ4v) is 3.25. The van der Waals surface area contributed by atoms with E-state index in [1.54, 1.807) is 6.07 Å². The number of thiophene rings is 1. The molecule has 0 saturated carbocycles. The van der Waals surface area contributed by atoms with Crippen molar-refractivity contribution in [2.24, 2.45) is 0 Å². The third kappa shape index (κ3) is 2.51. The van der Waals surface area contributed by atoms with Crippen LogP contribution in [0.2, 0.25) is 0 Å². The van der Waals surface area contributed by atoms with Gasteiger partial charge in [-0.2, -0.15) is 0 Å². The first kappa shape index (κ1) is 12.5. The molecule has 0 bridgehead atoms. The van der Waals surface area contributed by atoms with E-state index in [0.717, 1.165) is 8.26 Å². The molecule has 0 saturated heterocycles. The molecule has 2 aromatic heterocycles. The van der Waals surface area contributed by atoms with Gasteiger partial charge in [0, 0.05) is 16.2 Å². The van der Waals surface area contributed by atoms with Crippen molar-refractivity contribution in [2.75, 3.05) is 0 Å². The minimum absolute atomic E-state index is 0.00281. The lowest BCUT2D eigenvalue weighted by molar-refractivity contribution is 0.0691. The largest absolute Gasteiger partial charge is 0.477 e. The molecule has 4 nitrogen and oxygen atoms in total. The van der Waals surface area contributed by atoms with Crippen molar-refractivity contribution in [2.45, 2.75) is 0 Å². The number of carbonyl (C=O) groups is 2. The number of carboxylic acids is 1. The Labute approximate surface area is 117 Å². The molecule has 2 rings (SSSR count). The molecule has 0 aliphatic rings. The summed E-state index contributed by atoms with van der Waals surface area (Å²) in [5.41, 5.74) is 0.340. The van der Waals surface area contributed by atoms with Gasteiger partial charge < -0.3 is 10.1 Å². The molecule has 0 amide bonds. The highest BCUT2D eigenvalue weighted by molar-refractivity contribution is 9.13. The van der Waals surface area contributed by atoms with Crippen molar-refractivity contribution in [1.29, 1.82) is 0 Å². The van der Waals surface area contributed by atoms with Gasteiger partial charge in [-0.1, -0.05) is 0 Å². The minimum atomic E-state index is -1.09.